The molecule has 1 aliphatic rings. The lowest BCUT2D eigenvalue weighted by atomic mass is 10.4. The molecule has 1 aliphatic heterocycles. The Morgan fingerprint density at radius 1 is 1.30 bits per heavy atom. The first-order chi connectivity index (χ1) is 9.81. The summed E-state index contributed by atoms with van der Waals surface area (Å²) in [6.07, 6.45) is 2.56. The van der Waals surface area contributed by atoms with E-state index >= 15 is 0 Å². The number of morpholine rings is 1. The summed E-state index contributed by atoms with van der Waals surface area (Å²) in [6, 6.07) is 3.56. The molecule has 2 rings (SSSR count). The maximum absolute atomic E-state index is 12.1. The zero-order valence-electron chi connectivity index (χ0n) is 11.8. The molecule has 6 nitrogen and oxygen atoms in total. The fraction of sp³-hybridized carbons (Fsp3) is 0.643. The van der Waals surface area contributed by atoms with Crippen molar-refractivity contribution in [2.75, 3.05) is 46.0 Å². The van der Waals surface area contributed by atoms with Gasteiger partial charge < -0.3 is 19.8 Å². The topological polar surface area (TPSA) is 69.7 Å². The van der Waals surface area contributed by atoms with Crippen molar-refractivity contribution >= 4 is 0 Å². The van der Waals surface area contributed by atoms with Crippen LogP contribution in [-0.4, -0.2) is 55.5 Å². The van der Waals surface area contributed by atoms with Gasteiger partial charge in [0.2, 0.25) is 0 Å². The van der Waals surface area contributed by atoms with Gasteiger partial charge in [0.25, 0.3) is 5.56 Å². The first-order valence-electron chi connectivity index (χ1n) is 7.13. The van der Waals surface area contributed by atoms with E-state index in [4.69, 9.17) is 15.2 Å². The summed E-state index contributed by atoms with van der Waals surface area (Å²) in [7, 11) is 0. The number of aromatic nitrogens is 1. The fourth-order valence-corrected chi connectivity index (χ4v) is 2.17. The Morgan fingerprint density at radius 2 is 2.10 bits per heavy atom. The minimum Gasteiger partial charge on any atom is -0.487 e. The molecule has 0 unspecified atom stereocenters. The van der Waals surface area contributed by atoms with E-state index in [2.05, 4.69) is 4.90 Å². The van der Waals surface area contributed by atoms with Gasteiger partial charge in [-0.25, -0.2) is 0 Å². The van der Waals surface area contributed by atoms with Gasteiger partial charge in [-0.05, 0) is 25.1 Å². The van der Waals surface area contributed by atoms with Crippen molar-refractivity contribution in [3.05, 3.63) is 28.7 Å². The van der Waals surface area contributed by atoms with E-state index in [1.165, 1.54) is 0 Å². The molecule has 20 heavy (non-hydrogen) atoms. The van der Waals surface area contributed by atoms with E-state index in [1.54, 1.807) is 16.8 Å². The molecule has 1 aromatic rings. The number of hydrogen-bond donors (Lipinski definition) is 1. The monoisotopic (exact) mass is 281 g/mol. The number of rotatable bonds is 7. The summed E-state index contributed by atoms with van der Waals surface area (Å²) in [6.45, 7) is 5.97. The van der Waals surface area contributed by atoms with Crippen LogP contribution >= 0.6 is 0 Å². The predicted molar refractivity (Wildman–Crippen MR) is 77.1 cm³/mol. The second-order valence-electron chi connectivity index (χ2n) is 4.82. The molecular weight excluding hydrogens is 258 g/mol. The molecule has 1 aromatic heterocycles. The second kappa shape index (κ2) is 8.04. The van der Waals surface area contributed by atoms with E-state index in [1.807, 2.05) is 6.07 Å². The first kappa shape index (κ1) is 15.0. The number of ether oxygens (including phenoxy) is 2. The van der Waals surface area contributed by atoms with E-state index in [-0.39, 0.29) is 5.56 Å². The lowest BCUT2D eigenvalue weighted by Crippen LogP contribution is -2.39. The zero-order valence-corrected chi connectivity index (χ0v) is 11.8. The van der Waals surface area contributed by atoms with E-state index < -0.39 is 0 Å². The Hall–Kier alpha value is -1.37. The van der Waals surface area contributed by atoms with Crippen molar-refractivity contribution in [2.45, 2.75) is 13.0 Å². The summed E-state index contributed by atoms with van der Waals surface area (Å²) < 4.78 is 12.6. The number of hydrogen-bond acceptors (Lipinski definition) is 5. The van der Waals surface area contributed by atoms with Gasteiger partial charge in [-0.2, -0.15) is 0 Å². The van der Waals surface area contributed by atoms with E-state index in [0.717, 1.165) is 39.3 Å². The number of pyridine rings is 1. The van der Waals surface area contributed by atoms with Crippen LogP contribution in [0.5, 0.6) is 5.75 Å². The second-order valence-corrected chi connectivity index (χ2v) is 4.82. The summed E-state index contributed by atoms with van der Waals surface area (Å²) in [5, 5.41) is 0. The highest BCUT2D eigenvalue weighted by Crippen LogP contribution is 2.03. The van der Waals surface area contributed by atoms with Crippen LogP contribution in [0.2, 0.25) is 0 Å². The van der Waals surface area contributed by atoms with Crippen molar-refractivity contribution in [3.8, 4) is 5.75 Å². The molecule has 0 amide bonds. The summed E-state index contributed by atoms with van der Waals surface area (Å²) in [4.78, 5) is 14.4. The zero-order chi connectivity index (χ0) is 14.2. The maximum Gasteiger partial charge on any atom is 0.292 e. The van der Waals surface area contributed by atoms with Crippen LogP contribution in [0.1, 0.15) is 6.42 Å². The van der Waals surface area contributed by atoms with Gasteiger partial charge in [0.15, 0.2) is 5.75 Å². The molecule has 0 spiro atoms. The molecule has 1 saturated heterocycles. The highest BCUT2D eigenvalue weighted by molar-refractivity contribution is 5.17. The normalized spacial score (nSPS) is 16.2. The summed E-state index contributed by atoms with van der Waals surface area (Å²) in [5.41, 5.74) is 5.38. The van der Waals surface area contributed by atoms with Gasteiger partial charge in [-0.15, -0.1) is 0 Å². The molecule has 0 saturated carbocycles. The Labute approximate surface area is 119 Å². The summed E-state index contributed by atoms with van der Waals surface area (Å²) >= 11 is 0. The van der Waals surface area contributed by atoms with Crippen LogP contribution < -0.4 is 16.0 Å². The smallest absolute Gasteiger partial charge is 0.292 e. The number of nitrogens with zero attached hydrogens (tertiary/aromatic N) is 2. The molecule has 0 radical (unpaired) electrons. The SMILES string of the molecule is NCCCn1cccc(OCCN2CCOCC2)c1=O. The number of aryl methyl sites for hydroxylation is 1. The van der Waals surface area contributed by atoms with E-state index in [0.29, 0.717) is 25.4 Å². The maximum atomic E-state index is 12.1. The molecule has 2 N–H and O–H groups in total. The Balaban J connectivity index is 1.84. The molecule has 6 heteroatoms. The number of nitrogens with two attached hydrogens (primary N) is 1. The molecule has 1 fully saturated rings. The molecule has 112 valence electrons. The third kappa shape index (κ3) is 4.33. The van der Waals surface area contributed by atoms with Crippen molar-refractivity contribution in [1.82, 2.24) is 9.47 Å². The van der Waals surface area contributed by atoms with Crippen LogP contribution in [0.25, 0.3) is 0 Å². The van der Waals surface area contributed by atoms with Crippen LogP contribution in [0.4, 0.5) is 0 Å². The third-order valence-corrected chi connectivity index (χ3v) is 3.36. The largest absolute Gasteiger partial charge is 0.487 e. The highest BCUT2D eigenvalue weighted by Gasteiger charge is 2.10. The lowest BCUT2D eigenvalue weighted by Gasteiger charge is -2.26. The lowest BCUT2D eigenvalue weighted by molar-refractivity contribution is 0.0321. The van der Waals surface area contributed by atoms with Crippen LogP contribution in [0, 0.1) is 0 Å². The molecule has 0 aliphatic carbocycles. The summed E-state index contributed by atoms with van der Waals surface area (Å²) in [5.74, 6) is 0.415. The third-order valence-electron chi connectivity index (χ3n) is 3.36. The van der Waals surface area contributed by atoms with Gasteiger partial charge in [0.05, 0.1) is 13.2 Å². The van der Waals surface area contributed by atoms with Gasteiger partial charge in [-0.3, -0.25) is 9.69 Å². The molecule has 2 heterocycles. The van der Waals surface area contributed by atoms with Gasteiger partial charge in [-0.1, -0.05) is 0 Å². The Bertz CT molecular complexity index is 455. The van der Waals surface area contributed by atoms with Gasteiger partial charge in [0.1, 0.15) is 6.61 Å². The molecule has 0 atom stereocenters. The van der Waals surface area contributed by atoms with Crippen molar-refractivity contribution in [2.24, 2.45) is 5.73 Å². The minimum atomic E-state index is -0.0806. The standard InChI is InChI=1S/C14H23N3O3/c15-4-2-6-17-5-1-3-13(14(17)18)20-12-9-16-7-10-19-11-8-16/h1,3,5H,2,4,6-12,15H2. The van der Waals surface area contributed by atoms with Crippen LogP contribution in [0.3, 0.4) is 0 Å². The van der Waals surface area contributed by atoms with Crippen molar-refractivity contribution < 1.29 is 9.47 Å². The van der Waals surface area contributed by atoms with Crippen LogP contribution in [0.15, 0.2) is 23.1 Å². The van der Waals surface area contributed by atoms with Crippen molar-refractivity contribution in [3.63, 3.8) is 0 Å². The van der Waals surface area contributed by atoms with E-state index in [9.17, 15) is 4.79 Å². The quantitative estimate of drug-likeness (QED) is 0.756. The van der Waals surface area contributed by atoms with Crippen LogP contribution in [-0.2, 0) is 11.3 Å². The predicted octanol–water partition coefficient (Wildman–Crippen LogP) is -0.0919. The fourth-order valence-electron chi connectivity index (χ4n) is 2.17. The first-order valence-corrected chi connectivity index (χ1v) is 7.13. The molecule has 0 aromatic carbocycles. The Kier molecular flexibility index (Phi) is 6.04. The minimum absolute atomic E-state index is 0.0806. The molecule has 0 bridgehead atoms. The average Bonchev–Trinajstić information content (AvgIpc) is 2.49. The average molecular weight is 281 g/mol. The van der Waals surface area contributed by atoms with Crippen molar-refractivity contribution in [1.29, 1.82) is 0 Å². The van der Waals surface area contributed by atoms with Gasteiger partial charge in [0, 0.05) is 32.4 Å². The van der Waals surface area contributed by atoms with Gasteiger partial charge >= 0.3 is 0 Å². The Morgan fingerprint density at radius 3 is 2.85 bits per heavy atom. The molecular formula is C14H23N3O3. The highest BCUT2D eigenvalue weighted by atomic mass is 16.5.